The minimum Gasteiger partial charge on any atom is -0.392 e. The highest BCUT2D eigenvalue weighted by atomic mass is 16.3. The van der Waals surface area contributed by atoms with Crippen molar-refractivity contribution in [2.45, 2.75) is 69.6 Å². The monoisotopic (exact) mass is 254 g/mol. The van der Waals surface area contributed by atoms with Crippen LogP contribution in [0.3, 0.4) is 0 Å². The van der Waals surface area contributed by atoms with Gasteiger partial charge in [-0.1, -0.05) is 19.8 Å². The average Bonchev–Trinajstić information content (AvgIpc) is 2.72. The zero-order valence-corrected chi connectivity index (χ0v) is 12.3. The van der Waals surface area contributed by atoms with E-state index in [9.17, 15) is 5.11 Å². The van der Waals surface area contributed by atoms with E-state index in [1.165, 1.54) is 32.1 Å². The molecular formula is C15H30N2O. The lowest BCUT2D eigenvalue weighted by Gasteiger charge is -2.46. The highest BCUT2D eigenvalue weighted by Gasteiger charge is 2.38. The smallest absolute Gasteiger partial charge is 0.0693 e. The zero-order chi connectivity index (χ0) is 13.2. The van der Waals surface area contributed by atoms with Gasteiger partial charge in [0.2, 0.25) is 0 Å². The number of aliphatic hydroxyl groups is 1. The lowest BCUT2D eigenvalue weighted by molar-refractivity contribution is 0.0638. The SMILES string of the molecule is CC1CCCC(CN[C@@H]2CCC[C@H]2O)(N(C)C)C1. The van der Waals surface area contributed by atoms with E-state index >= 15 is 0 Å². The first kappa shape index (κ1) is 14.3. The van der Waals surface area contributed by atoms with E-state index in [0.717, 1.165) is 25.3 Å². The minimum atomic E-state index is -0.120. The van der Waals surface area contributed by atoms with Crippen LogP contribution in [0, 0.1) is 5.92 Å². The molecule has 0 saturated heterocycles. The van der Waals surface area contributed by atoms with Crippen LogP contribution in [-0.2, 0) is 0 Å². The third kappa shape index (κ3) is 3.06. The maximum absolute atomic E-state index is 9.92. The molecule has 4 atom stereocenters. The summed E-state index contributed by atoms with van der Waals surface area (Å²) in [6, 6.07) is 0.332. The van der Waals surface area contributed by atoms with E-state index in [4.69, 9.17) is 0 Å². The second-order valence-corrected chi connectivity index (χ2v) is 6.81. The molecule has 0 aromatic rings. The van der Waals surface area contributed by atoms with Gasteiger partial charge in [0, 0.05) is 18.1 Å². The Kier molecular flexibility index (Phi) is 4.68. The third-order valence-corrected chi connectivity index (χ3v) is 5.19. The van der Waals surface area contributed by atoms with Gasteiger partial charge in [0.25, 0.3) is 0 Å². The Bertz CT molecular complexity index is 269. The average molecular weight is 254 g/mol. The van der Waals surface area contributed by atoms with Gasteiger partial charge in [0.1, 0.15) is 0 Å². The highest BCUT2D eigenvalue weighted by Crippen LogP contribution is 2.35. The number of nitrogens with zero attached hydrogens (tertiary/aromatic N) is 1. The first-order chi connectivity index (χ1) is 8.53. The maximum atomic E-state index is 9.92. The minimum absolute atomic E-state index is 0.120. The van der Waals surface area contributed by atoms with Gasteiger partial charge in [-0.15, -0.1) is 0 Å². The summed E-state index contributed by atoms with van der Waals surface area (Å²) in [4.78, 5) is 2.41. The first-order valence-corrected chi connectivity index (χ1v) is 7.62. The molecule has 18 heavy (non-hydrogen) atoms. The number of rotatable bonds is 4. The van der Waals surface area contributed by atoms with E-state index in [1.54, 1.807) is 0 Å². The summed E-state index contributed by atoms with van der Waals surface area (Å²) in [7, 11) is 4.43. The fourth-order valence-corrected chi connectivity index (χ4v) is 3.86. The molecular weight excluding hydrogens is 224 g/mol. The molecule has 106 valence electrons. The molecule has 2 rings (SSSR count). The van der Waals surface area contributed by atoms with Crippen LogP contribution in [0.1, 0.15) is 51.9 Å². The Morgan fingerprint density at radius 3 is 2.56 bits per heavy atom. The Balaban J connectivity index is 1.93. The van der Waals surface area contributed by atoms with Crippen LogP contribution in [0.5, 0.6) is 0 Å². The molecule has 3 heteroatoms. The van der Waals surface area contributed by atoms with E-state index in [1.807, 2.05) is 0 Å². The number of hydrogen-bond donors (Lipinski definition) is 2. The standard InChI is InChI=1S/C15H30N2O/c1-12-6-5-9-15(10-12,17(2)3)11-16-13-7-4-8-14(13)18/h12-14,16,18H,4-11H2,1-3H3/t12?,13-,14-,15?/m1/s1. The summed E-state index contributed by atoms with van der Waals surface area (Å²) >= 11 is 0. The molecule has 0 bridgehead atoms. The van der Waals surface area contributed by atoms with Crippen LogP contribution in [0.4, 0.5) is 0 Å². The molecule has 0 aromatic heterocycles. The van der Waals surface area contributed by atoms with Gasteiger partial charge in [-0.25, -0.2) is 0 Å². The molecule has 2 N–H and O–H groups in total. The first-order valence-electron chi connectivity index (χ1n) is 7.62. The van der Waals surface area contributed by atoms with E-state index in [0.29, 0.717) is 11.6 Å². The van der Waals surface area contributed by atoms with Gasteiger partial charge >= 0.3 is 0 Å². The van der Waals surface area contributed by atoms with Crippen LogP contribution < -0.4 is 5.32 Å². The van der Waals surface area contributed by atoms with Crippen LogP contribution in [0.25, 0.3) is 0 Å². The van der Waals surface area contributed by atoms with Crippen LogP contribution >= 0.6 is 0 Å². The Morgan fingerprint density at radius 1 is 1.22 bits per heavy atom. The third-order valence-electron chi connectivity index (χ3n) is 5.19. The normalized spacial score (nSPS) is 41.5. The van der Waals surface area contributed by atoms with Crippen molar-refractivity contribution in [1.29, 1.82) is 0 Å². The van der Waals surface area contributed by atoms with Crippen LogP contribution in [0.15, 0.2) is 0 Å². The van der Waals surface area contributed by atoms with Crippen LogP contribution in [0.2, 0.25) is 0 Å². The number of hydrogen-bond acceptors (Lipinski definition) is 3. The summed E-state index contributed by atoms with van der Waals surface area (Å²) in [5, 5.41) is 13.6. The van der Waals surface area contributed by atoms with Crippen molar-refractivity contribution in [1.82, 2.24) is 10.2 Å². The number of aliphatic hydroxyl groups excluding tert-OH is 1. The van der Waals surface area contributed by atoms with E-state index in [2.05, 4.69) is 31.2 Å². The lowest BCUT2D eigenvalue weighted by Crippen LogP contribution is -2.56. The lowest BCUT2D eigenvalue weighted by atomic mass is 9.75. The topological polar surface area (TPSA) is 35.5 Å². The summed E-state index contributed by atoms with van der Waals surface area (Å²) in [5.41, 5.74) is 0.306. The number of nitrogens with one attached hydrogen (secondary N) is 1. The molecule has 3 nitrogen and oxygen atoms in total. The molecule has 2 saturated carbocycles. The van der Waals surface area contributed by atoms with Crippen LogP contribution in [-0.4, -0.2) is 48.3 Å². The number of likely N-dealkylation sites (N-methyl/N-ethyl adjacent to an activating group) is 1. The predicted octanol–water partition coefficient (Wildman–Crippen LogP) is 2.00. The Hall–Kier alpha value is -0.120. The molecule has 0 spiro atoms. The summed E-state index contributed by atoms with van der Waals surface area (Å²) in [6.07, 6.45) is 8.46. The van der Waals surface area contributed by atoms with Crippen molar-refractivity contribution in [3.05, 3.63) is 0 Å². The molecule has 2 fully saturated rings. The summed E-state index contributed by atoms with van der Waals surface area (Å²) < 4.78 is 0. The molecule has 2 unspecified atom stereocenters. The fourth-order valence-electron chi connectivity index (χ4n) is 3.86. The van der Waals surface area contributed by atoms with E-state index < -0.39 is 0 Å². The van der Waals surface area contributed by atoms with Gasteiger partial charge in [0.05, 0.1) is 6.10 Å². The van der Waals surface area contributed by atoms with Gasteiger partial charge in [-0.3, -0.25) is 0 Å². The summed E-state index contributed by atoms with van der Waals surface area (Å²) in [5.74, 6) is 0.830. The second kappa shape index (κ2) is 5.89. The fraction of sp³-hybridized carbons (Fsp3) is 1.00. The molecule has 0 radical (unpaired) electrons. The van der Waals surface area contributed by atoms with Gasteiger partial charge in [-0.05, 0) is 52.1 Å². The van der Waals surface area contributed by atoms with Crippen molar-refractivity contribution in [2.75, 3.05) is 20.6 Å². The van der Waals surface area contributed by atoms with Gasteiger partial charge < -0.3 is 15.3 Å². The van der Waals surface area contributed by atoms with Crippen molar-refractivity contribution in [2.24, 2.45) is 5.92 Å². The highest BCUT2D eigenvalue weighted by molar-refractivity contribution is 4.96. The quantitative estimate of drug-likeness (QED) is 0.805. The van der Waals surface area contributed by atoms with Crippen molar-refractivity contribution < 1.29 is 5.11 Å². The molecule has 0 aliphatic heterocycles. The maximum Gasteiger partial charge on any atom is 0.0693 e. The van der Waals surface area contributed by atoms with Gasteiger partial charge in [-0.2, -0.15) is 0 Å². The Morgan fingerprint density at radius 2 is 2.00 bits per heavy atom. The largest absolute Gasteiger partial charge is 0.392 e. The van der Waals surface area contributed by atoms with E-state index in [-0.39, 0.29) is 6.10 Å². The Labute approximate surface area is 112 Å². The molecule has 2 aliphatic rings. The molecule has 2 aliphatic carbocycles. The van der Waals surface area contributed by atoms with Crippen molar-refractivity contribution in [3.63, 3.8) is 0 Å². The van der Waals surface area contributed by atoms with Gasteiger partial charge in [0.15, 0.2) is 0 Å². The van der Waals surface area contributed by atoms with Crippen molar-refractivity contribution in [3.8, 4) is 0 Å². The molecule has 0 heterocycles. The van der Waals surface area contributed by atoms with Crippen molar-refractivity contribution >= 4 is 0 Å². The predicted molar refractivity (Wildman–Crippen MR) is 75.7 cm³/mol. The molecule has 0 aromatic carbocycles. The zero-order valence-electron chi connectivity index (χ0n) is 12.3. The molecule has 0 amide bonds. The summed E-state index contributed by atoms with van der Waals surface area (Å²) in [6.45, 7) is 3.41. The second-order valence-electron chi connectivity index (χ2n) is 6.81.